The summed E-state index contributed by atoms with van der Waals surface area (Å²) in [5.41, 5.74) is 4.02. The van der Waals surface area contributed by atoms with Crippen LogP contribution in [0.15, 0.2) is 30.5 Å². The summed E-state index contributed by atoms with van der Waals surface area (Å²) >= 11 is 0. The third-order valence-electron chi connectivity index (χ3n) is 4.53. The normalized spacial score (nSPS) is 15.4. The van der Waals surface area contributed by atoms with Crippen LogP contribution >= 0.6 is 0 Å². The van der Waals surface area contributed by atoms with Crippen LogP contribution in [0, 0.1) is 6.92 Å². The van der Waals surface area contributed by atoms with Crippen LogP contribution in [0.5, 0.6) is 0 Å². The largest absolute Gasteiger partial charge is 0.354 e. The summed E-state index contributed by atoms with van der Waals surface area (Å²) in [7, 11) is 2.05. The fraction of sp³-hybridized carbons (Fsp3) is 0.474. The molecule has 2 aromatic rings. The molecular formula is C19H25N3O. The average Bonchev–Trinajstić information content (AvgIpc) is 3.28. The smallest absolute Gasteiger partial charge is 0.253 e. The number of amides is 1. The molecule has 0 spiro atoms. The van der Waals surface area contributed by atoms with Gasteiger partial charge in [0, 0.05) is 36.6 Å². The van der Waals surface area contributed by atoms with Crippen LogP contribution in [0.2, 0.25) is 0 Å². The lowest BCUT2D eigenvalue weighted by molar-refractivity contribution is 0.0937. The highest BCUT2D eigenvalue weighted by molar-refractivity contribution is 5.95. The first kappa shape index (κ1) is 15.8. The summed E-state index contributed by atoms with van der Waals surface area (Å²) in [6.07, 6.45) is 6.26. The van der Waals surface area contributed by atoms with Gasteiger partial charge < -0.3 is 9.88 Å². The van der Waals surface area contributed by atoms with Crippen molar-refractivity contribution in [3.8, 4) is 0 Å². The van der Waals surface area contributed by atoms with Gasteiger partial charge in [-0.1, -0.05) is 0 Å². The molecule has 0 bridgehead atoms. The van der Waals surface area contributed by atoms with Gasteiger partial charge >= 0.3 is 0 Å². The highest BCUT2D eigenvalue weighted by Crippen LogP contribution is 2.40. The molecule has 23 heavy (non-hydrogen) atoms. The van der Waals surface area contributed by atoms with Gasteiger partial charge in [-0.15, -0.1) is 0 Å². The molecule has 1 fully saturated rings. The number of hydrogen-bond donors (Lipinski definition) is 1. The van der Waals surface area contributed by atoms with E-state index >= 15 is 0 Å². The van der Waals surface area contributed by atoms with Crippen molar-refractivity contribution < 1.29 is 4.79 Å². The molecule has 2 heterocycles. The maximum absolute atomic E-state index is 12.6. The van der Waals surface area contributed by atoms with E-state index in [2.05, 4.69) is 47.2 Å². The van der Waals surface area contributed by atoms with Crippen molar-refractivity contribution in [3.05, 3.63) is 53.1 Å². The monoisotopic (exact) mass is 311 g/mol. The average molecular weight is 311 g/mol. The molecular weight excluding hydrogens is 286 g/mol. The van der Waals surface area contributed by atoms with E-state index in [9.17, 15) is 4.79 Å². The van der Waals surface area contributed by atoms with Crippen LogP contribution < -0.4 is 5.32 Å². The summed E-state index contributed by atoms with van der Waals surface area (Å²) in [4.78, 5) is 17.2. The van der Waals surface area contributed by atoms with Gasteiger partial charge in [0.15, 0.2) is 0 Å². The lowest BCUT2D eigenvalue weighted by atomic mass is 10.1. The molecule has 1 atom stereocenters. The number of aromatic nitrogens is 2. The molecule has 1 aliphatic rings. The predicted molar refractivity (Wildman–Crippen MR) is 91.6 cm³/mol. The first-order valence-corrected chi connectivity index (χ1v) is 8.43. The van der Waals surface area contributed by atoms with E-state index in [1.54, 1.807) is 0 Å². The van der Waals surface area contributed by atoms with Crippen LogP contribution in [0.3, 0.4) is 0 Å². The number of nitrogens with one attached hydrogen (secondary N) is 1. The second kappa shape index (κ2) is 6.57. The number of rotatable bonds is 6. The number of nitrogens with zero attached hydrogens (tertiary/aromatic N) is 2. The van der Waals surface area contributed by atoms with E-state index < -0.39 is 0 Å². The van der Waals surface area contributed by atoms with E-state index in [1.807, 2.05) is 19.1 Å². The molecule has 0 aromatic carbocycles. The summed E-state index contributed by atoms with van der Waals surface area (Å²) in [6.45, 7) is 4.05. The van der Waals surface area contributed by atoms with Crippen LogP contribution in [0.25, 0.3) is 0 Å². The minimum Gasteiger partial charge on any atom is -0.354 e. The molecule has 0 saturated heterocycles. The molecule has 1 amide bonds. The van der Waals surface area contributed by atoms with Crippen molar-refractivity contribution >= 4 is 5.91 Å². The highest BCUT2D eigenvalue weighted by Gasteiger charge is 2.29. The van der Waals surface area contributed by atoms with Gasteiger partial charge in [-0.2, -0.15) is 0 Å². The Labute approximate surface area is 137 Å². The standard InChI is InChI=1S/C19H25N3O/c1-13-7-11-17(18(20-13)15-8-9-15)19(23)21-14(2)6-10-16-5-4-12-22(16)3/h4-5,7,11-12,14-15H,6,8-10H2,1-3H3,(H,21,23). The molecule has 4 nitrogen and oxygen atoms in total. The predicted octanol–water partition coefficient (Wildman–Crippen LogP) is 3.36. The zero-order chi connectivity index (χ0) is 16.4. The molecule has 1 aliphatic carbocycles. The van der Waals surface area contributed by atoms with E-state index in [1.165, 1.54) is 5.69 Å². The van der Waals surface area contributed by atoms with Gasteiger partial charge in [-0.05, 0) is 63.8 Å². The molecule has 3 rings (SSSR count). The number of aryl methyl sites for hydroxylation is 3. The minimum absolute atomic E-state index is 0.0128. The van der Waals surface area contributed by atoms with Gasteiger partial charge in [0.05, 0.1) is 11.3 Å². The number of carbonyl (C=O) groups is 1. The van der Waals surface area contributed by atoms with Crippen molar-refractivity contribution in [2.45, 2.75) is 51.5 Å². The van der Waals surface area contributed by atoms with Crippen molar-refractivity contribution in [2.24, 2.45) is 7.05 Å². The molecule has 0 radical (unpaired) electrons. The molecule has 122 valence electrons. The third-order valence-corrected chi connectivity index (χ3v) is 4.53. The Hall–Kier alpha value is -2.10. The second-order valence-electron chi connectivity index (χ2n) is 6.68. The molecule has 1 N–H and O–H groups in total. The summed E-state index contributed by atoms with van der Waals surface area (Å²) in [5.74, 6) is 0.494. The number of hydrogen-bond acceptors (Lipinski definition) is 2. The van der Waals surface area contributed by atoms with Crippen LogP contribution in [0.1, 0.15) is 59.5 Å². The molecule has 2 aromatic heterocycles. The lowest BCUT2D eigenvalue weighted by Gasteiger charge is -2.16. The Morgan fingerprint density at radius 1 is 1.39 bits per heavy atom. The minimum atomic E-state index is 0.0128. The van der Waals surface area contributed by atoms with Crippen molar-refractivity contribution in [3.63, 3.8) is 0 Å². The Balaban J connectivity index is 1.61. The van der Waals surface area contributed by atoms with Gasteiger partial charge in [-0.25, -0.2) is 0 Å². The summed E-state index contributed by atoms with van der Waals surface area (Å²) in [6, 6.07) is 8.18. The maximum atomic E-state index is 12.6. The van der Waals surface area contributed by atoms with E-state index in [-0.39, 0.29) is 11.9 Å². The molecule has 1 saturated carbocycles. The first-order valence-electron chi connectivity index (χ1n) is 8.43. The Bertz CT molecular complexity index is 700. The maximum Gasteiger partial charge on any atom is 0.253 e. The van der Waals surface area contributed by atoms with Crippen LogP contribution in [-0.4, -0.2) is 21.5 Å². The fourth-order valence-electron chi connectivity index (χ4n) is 2.93. The van der Waals surface area contributed by atoms with E-state index in [4.69, 9.17) is 0 Å². The Kier molecular flexibility index (Phi) is 4.51. The molecule has 0 aliphatic heterocycles. The zero-order valence-corrected chi connectivity index (χ0v) is 14.2. The van der Waals surface area contributed by atoms with Crippen molar-refractivity contribution in [2.75, 3.05) is 0 Å². The summed E-state index contributed by atoms with van der Waals surface area (Å²) in [5, 5.41) is 3.13. The van der Waals surface area contributed by atoms with Gasteiger partial charge in [0.1, 0.15) is 0 Å². The quantitative estimate of drug-likeness (QED) is 0.889. The molecule has 4 heteroatoms. The van der Waals surface area contributed by atoms with Gasteiger partial charge in [0.25, 0.3) is 5.91 Å². The van der Waals surface area contributed by atoms with Gasteiger partial charge in [-0.3, -0.25) is 9.78 Å². The summed E-state index contributed by atoms with van der Waals surface area (Å²) < 4.78 is 2.13. The Morgan fingerprint density at radius 2 is 2.17 bits per heavy atom. The van der Waals surface area contributed by atoms with Crippen LogP contribution in [0.4, 0.5) is 0 Å². The fourth-order valence-corrected chi connectivity index (χ4v) is 2.93. The number of carbonyl (C=O) groups excluding carboxylic acids is 1. The number of pyridine rings is 1. The van der Waals surface area contributed by atoms with Gasteiger partial charge in [0.2, 0.25) is 0 Å². The SMILES string of the molecule is Cc1ccc(C(=O)NC(C)CCc2cccn2C)c(C2CC2)n1. The first-order chi connectivity index (χ1) is 11.0. The van der Waals surface area contributed by atoms with Crippen molar-refractivity contribution in [1.29, 1.82) is 0 Å². The highest BCUT2D eigenvalue weighted by atomic mass is 16.1. The van der Waals surface area contributed by atoms with Crippen LogP contribution in [-0.2, 0) is 13.5 Å². The van der Waals surface area contributed by atoms with E-state index in [0.717, 1.165) is 42.6 Å². The third kappa shape index (κ3) is 3.81. The second-order valence-corrected chi connectivity index (χ2v) is 6.68. The van der Waals surface area contributed by atoms with E-state index in [0.29, 0.717) is 5.92 Å². The lowest BCUT2D eigenvalue weighted by Crippen LogP contribution is -2.33. The zero-order valence-electron chi connectivity index (χ0n) is 14.2. The van der Waals surface area contributed by atoms with Crippen molar-refractivity contribution in [1.82, 2.24) is 14.9 Å². The molecule has 1 unspecified atom stereocenters. The Morgan fingerprint density at radius 3 is 2.83 bits per heavy atom. The topological polar surface area (TPSA) is 46.9 Å².